The molecule has 2 aliphatic rings. The van der Waals surface area contributed by atoms with Crippen LogP contribution in [0.3, 0.4) is 0 Å². The fourth-order valence-electron chi connectivity index (χ4n) is 3.43. The van der Waals surface area contributed by atoms with Gasteiger partial charge in [-0.3, -0.25) is 19.3 Å². The average Bonchev–Trinajstić information content (AvgIpc) is 3.48. The Bertz CT molecular complexity index is 1270. The fourth-order valence-corrected chi connectivity index (χ4v) is 4.30. The minimum absolute atomic E-state index is 0.0446. The smallest absolute Gasteiger partial charge is 0.293 e. The molecule has 0 bridgehead atoms. The van der Waals surface area contributed by atoms with Crippen LogP contribution in [-0.4, -0.2) is 47.0 Å². The number of nitrogens with zero attached hydrogens (tertiary/aromatic N) is 2. The maximum absolute atomic E-state index is 12.7. The van der Waals surface area contributed by atoms with Crippen LogP contribution < -0.4 is 14.8 Å². The molecule has 10 heteroatoms. The van der Waals surface area contributed by atoms with Crippen LogP contribution in [0.4, 0.5) is 4.79 Å². The molecule has 2 aliphatic heterocycles. The van der Waals surface area contributed by atoms with Crippen molar-refractivity contribution in [1.29, 1.82) is 0 Å². The van der Waals surface area contributed by atoms with Gasteiger partial charge >= 0.3 is 0 Å². The summed E-state index contributed by atoms with van der Waals surface area (Å²) in [5, 5.41) is 7.06. The highest BCUT2D eigenvalue weighted by Crippen LogP contribution is 2.36. The van der Waals surface area contributed by atoms with Crippen LogP contribution in [0.5, 0.6) is 11.5 Å². The minimum atomic E-state index is -0.394. The molecule has 1 aromatic heterocycles. The third-order valence-electron chi connectivity index (χ3n) is 5.01. The van der Waals surface area contributed by atoms with Crippen LogP contribution in [0.15, 0.2) is 51.9 Å². The van der Waals surface area contributed by atoms with Gasteiger partial charge in [0.2, 0.25) is 12.7 Å². The van der Waals surface area contributed by atoms with Gasteiger partial charge in [-0.2, -0.15) is 0 Å². The number of hydrogen-bond acceptors (Lipinski definition) is 8. The fraction of sp³-hybridized carbons (Fsp3) is 0.182. The summed E-state index contributed by atoms with van der Waals surface area (Å²) in [4.78, 5) is 38.7. The van der Waals surface area contributed by atoms with E-state index in [2.05, 4.69) is 10.5 Å². The summed E-state index contributed by atoms with van der Waals surface area (Å²) in [7, 11) is 0. The highest BCUT2D eigenvalue weighted by Gasteiger charge is 2.34. The Morgan fingerprint density at radius 2 is 2.00 bits per heavy atom. The zero-order valence-corrected chi connectivity index (χ0v) is 17.5. The Kier molecular flexibility index (Phi) is 5.28. The van der Waals surface area contributed by atoms with Crippen molar-refractivity contribution in [3.05, 3.63) is 58.6 Å². The van der Waals surface area contributed by atoms with E-state index in [0.717, 1.165) is 27.6 Å². The number of hydrogen-bond donors (Lipinski definition) is 1. The van der Waals surface area contributed by atoms with Gasteiger partial charge in [-0.25, -0.2) is 0 Å². The van der Waals surface area contributed by atoms with E-state index < -0.39 is 5.91 Å². The number of imide groups is 1. The van der Waals surface area contributed by atoms with Gasteiger partial charge in [0.25, 0.3) is 11.1 Å². The molecular weight excluding hydrogens is 434 g/mol. The second-order valence-corrected chi connectivity index (χ2v) is 8.09. The van der Waals surface area contributed by atoms with Gasteiger partial charge in [-0.15, -0.1) is 0 Å². The number of amides is 3. The van der Waals surface area contributed by atoms with E-state index in [-0.39, 0.29) is 37.4 Å². The van der Waals surface area contributed by atoms with Gasteiger partial charge in [-0.1, -0.05) is 23.4 Å². The monoisotopic (exact) mass is 451 g/mol. The molecule has 1 fully saturated rings. The summed E-state index contributed by atoms with van der Waals surface area (Å²) < 4.78 is 15.8. The first-order chi connectivity index (χ1) is 15.6. The number of carbonyl (C=O) groups excluding carboxylic acids is 3. The summed E-state index contributed by atoms with van der Waals surface area (Å²) in [6, 6.07) is 12.6. The molecule has 0 saturated carbocycles. The molecule has 3 amide bonds. The Labute approximate surface area is 186 Å². The van der Waals surface area contributed by atoms with Crippen molar-refractivity contribution in [3.63, 3.8) is 0 Å². The summed E-state index contributed by atoms with van der Waals surface area (Å²) >= 11 is 0.865. The second kappa shape index (κ2) is 8.39. The highest BCUT2D eigenvalue weighted by molar-refractivity contribution is 8.18. The average molecular weight is 451 g/mol. The predicted octanol–water partition coefficient (Wildman–Crippen LogP) is 2.95. The van der Waals surface area contributed by atoms with Crippen molar-refractivity contribution in [2.24, 2.45) is 0 Å². The zero-order chi connectivity index (χ0) is 22.1. The molecule has 9 nitrogen and oxygen atoms in total. The molecule has 0 radical (unpaired) electrons. The predicted molar refractivity (Wildman–Crippen MR) is 116 cm³/mol. The molecule has 5 rings (SSSR count). The largest absolute Gasteiger partial charge is 0.454 e. The number of ether oxygens (including phenoxy) is 2. The van der Waals surface area contributed by atoms with Crippen molar-refractivity contribution < 1.29 is 28.4 Å². The number of benzene rings is 2. The second-order valence-electron chi connectivity index (χ2n) is 7.10. The van der Waals surface area contributed by atoms with Crippen LogP contribution in [0, 0.1) is 0 Å². The topological polar surface area (TPSA) is 111 Å². The molecule has 162 valence electrons. The summed E-state index contributed by atoms with van der Waals surface area (Å²) in [6.45, 7) is 0.381. The van der Waals surface area contributed by atoms with Crippen LogP contribution in [0.25, 0.3) is 17.0 Å². The Morgan fingerprint density at radius 1 is 1.16 bits per heavy atom. The number of nitrogens with one attached hydrogen (secondary N) is 1. The van der Waals surface area contributed by atoms with Gasteiger partial charge < -0.3 is 19.3 Å². The summed E-state index contributed by atoms with van der Waals surface area (Å²) in [6.07, 6.45) is 1.68. The van der Waals surface area contributed by atoms with Gasteiger partial charge in [0, 0.05) is 18.5 Å². The maximum atomic E-state index is 12.7. The Balaban J connectivity index is 1.17. The number of carbonyl (C=O) groups is 3. The van der Waals surface area contributed by atoms with Gasteiger partial charge in [0.15, 0.2) is 17.1 Å². The lowest BCUT2D eigenvalue weighted by Crippen LogP contribution is -2.37. The first kappa shape index (κ1) is 20.1. The molecule has 0 spiro atoms. The molecule has 0 unspecified atom stereocenters. The van der Waals surface area contributed by atoms with Crippen molar-refractivity contribution in [2.75, 3.05) is 19.9 Å². The van der Waals surface area contributed by atoms with Gasteiger partial charge in [0.05, 0.1) is 11.3 Å². The lowest BCUT2D eigenvalue weighted by atomic mass is 10.1. The standard InChI is InChI=1S/C22H17N3O6S/c26-20(11-15-14-3-1-2-4-16(14)31-24-15)23-7-8-25-21(27)19(32-22(25)28)10-13-5-6-17-18(9-13)30-12-29-17/h1-6,9-10H,7-8,11-12H2,(H,23,26). The third kappa shape index (κ3) is 3.92. The first-order valence-corrected chi connectivity index (χ1v) is 10.6. The van der Waals surface area contributed by atoms with E-state index >= 15 is 0 Å². The number of aromatic nitrogens is 1. The van der Waals surface area contributed by atoms with Crippen molar-refractivity contribution >= 4 is 45.9 Å². The van der Waals surface area contributed by atoms with Crippen molar-refractivity contribution in [2.45, 2.75) is 6.42 Å². The number of fused-ring (bicyclic) bond motifs is 2. The molecule has 32 heavy (non-hydrogen) atoms. The van der Waals surface area contributed by atoms with Gasteiger partial charge in [-0.05, 0) is 47.7 Å². The Hall–Kier alpha value is -3.79. The van der Waals surface area contributed by atoms with Crippen LogP contribution in [0.2, 0.25) is 0 Å². The molecule has 3 aromatic rings. The number of para-hydroxylation sites is 1. The van der Waals surface area contributed by atoms with E-state index in [0.29, 0.717) is 27.7 Å². The van der Waals surface area contributed by atoms with Crippen LogP contribution >= 0.6 is 11.8 Å². The summed E-state index contributed by atoms with van der Waals surface area (Å²) in [5.41, 5.74) is 1.88. The first-order valence-electron chi connectivity index (χ1n) is 9.83. The molecule has 3 heterocycles. The molecular formula is C22H17N3O6S. The molecule has 0 atom stereocenters. The van der Waals surface area contributed by atoms with Crippen molar-refractivity contribution in [3.8, 4) is 11.5 Å². The quantitative estimate of drug-likeness (QED) is 0.570. The van der Waals surface area contributed by atoms with E-state index in [1.807, 2.05) is 18.2 Å². The number of thioether (sulfide) groups is 1. The number of rotatable bonds is 6. The van der Waals surface area contributed by atoms with E-state index in [9.17, 15) is 14.4 Å². The van der Waals surface area contributed by atoms with Crippen LogP contribution in [-0.2, 0) is 16.0 Å². The van der Waals surface area contributed by atoms with E-state index in [1.165, 1.54) is 0 Å². The normalized spacial score (nSPS) is 16.4. The zero-order valence-electron chi connectivity index (χ0n) is 16.7. The third-order valence-corrected chi connectivity index (χ3v) is 5.91. The summed E-state index contributed by atoms with van der Waals surface area (Å²) in [5.74, 6) is 0.575. The lowest BCUT2D eigenvalue weighted by molar-refractivity contribution is -0.124. The highest BCUT2D eigenvalue weighted by atomic mass is 32.2. The van der Waals surface area contributed by atoms with Crippen molar-refractivity contribution in [1.82, 2.24) is 15.4 Å². The van der Waals surface area contributed by atoms with Gasteiger partial charge in [0.1, 0.15) is 5.69 Å². The lowest BCUT2D eigenvalue weighted by Gasteiger charge is -2.12. The Morgan fingerprint density at radius 3 is 2.91 bits per heavy atom. The molecule has 2 aromatic carbocycles. The molecule has 1 saturated heterocycles. The molecule has 0 aliphatic carbocycles. The SMILES string of the molecule is O=C(Cc1noc2ccccc12)NCCN1C(=O)SC(=Cc2ccc3c(c2)OCO3)C1=O. The maximum Gasteiger partial charge on any atom is 0.293 e. The van der Waals surface area contributed by atoms with Crippen LogP contribution in [0.1, 0.15) is 11.3 Å². The minimum Gasteiger partial charge on any atom is -0.454 e. The van der Waals surface area contributed by atoms with E-state index in [1.54, 1.807) is 30.3 Å². The van der Waals surface area contributed by atoms with E-state index in [4.69, 9.17) is 14.0 Å². The molecule has 1 N–H and O–H groups in total.